The van der Waals surface area contributed by atoms with Gasteiger partial charge in [0, 0.05) is 12.4 Å². The van der Waals surface area contributed by atoms with Crippen molar-refractivity contribution in [1.29, 1.82) is 0 Å². The lowest BCUT2D eigenvalue weighted by Crippen LogP contribution is -2.45. The first-order valence-electron chi connectivity index (χ1n) is 12.5. The summed E-state index contributed by atoms with van der Waals surface area (Å²) in [7, 11) is 5.86. The molecule has 5 heteroatoms. The Labute approximate surface area is 192 Å². The Morgan fingerprint density at radius 1 is 0.774 bits per heavy atom. The van der Waals surface area contributed by atoms with Gasteiger partial charge < -0.3 is 19.1 Å². The molecule has 0 aliphatic heterocycles. The summed E-state index contributed by atoms with van der Waals surface area (Å²) in [5.74, 6) is 0.635. The van der Waals surface area contributed by atoms with Crippen molar-refractivity contribution in [2.75, 3.05) is 27.7 Å². The Kier molecular flexibility index (Phi) is 15.1. The van der Waals surface area contributed by atoms with E-state index in [2.05, 4.69) is 27.7 Å². The van der Waals surface area contributed by atoms with Crippen molar-refractivity contribution in [1.82, 2.24) is 0 Å². The molecule has 0 saturated carbocycles. The summed E-state index contributed by atoms with van der Waals surface area (Å²) in [4.78, 5) is 23.4. The molecular weight excluding hydrogens is 390 g/mol. The molecule has 0 fully saturated rings. The van der Waals surface area contributed by atoms with Gasteiger partial charge in [-0.1, -0.05) is 86.0 Å². The van der Waals surface area contributed by atoms with E-state index in [0.29, 0.717) is 16.9 Å². The van der Waals surface area contributed by atoms with Crippen LogP contribution in [-0.4, -0.2) is 50.2 Å². The highest BCUT2D eigenvalue weighted by Crippen LogP contribution is 2.22. The number of carboxylic acids is 1. The molecule has 0 bridgehead atoms. The van der Waals surface area contributed by atoms with Crippen molar-refractivity contribution in [3.63, 3.8) is 0 Å². The van der Waals surface area contributed by atoms with Crippen molar-refractivity contribution in [2.24, 2.45) is 23.7 Å². The summed E-state index contributed by atoms with van der Waals surface area (Å²) in [6, 6.07) is 0. The average molecular weight is 442 g/mol. The summed E-state index contributed by atoms with van der Waals surface area (Å²) in [6.45, 7) is 11.6. The van der Waals surface area contributed by atoms with E-state index in [1.165, 1.54) is 38.5 Å². The molecule has 0 N–H and O–H groups in total. The van der Waals surface area contributed by atoms with Gasteiger partial charge in [-0.2, -0.15) is 0 Å². The van der Waals surface area contributed by atoms with Gasteiger partial charge >= 0.3 is 5.97 Å². The zero-order valence-electron chi connectivity index (χ0n) is 21.7. The first-order chi connectivity index (χ1) is 14.3. The predicted molar refractivity (Wildman–Crippen MR) is 126 cm³/mol. The molecule has 0 aliphatic carbocycles. The zero-order chi connectivity index (χ0) is 24.0. The minimum absolute atomic E-state index is 0.204. The predicted octanol–water partition coefficient (Wildman–Crippen LogP) is 4.82. The van der Waals surface area contributed by atoms with Crippen molar-refractivity contribution in [3.8, 4) is 0 Å². The number of carboxylic acid groups (broad SMARTS) is 1. The third kappa shape index (κ3) is 18.2. The number of ether oxygens (including phenoxy) is 1. The van der Waals surface area contributed by atoms with E-state index in [1.807, 2.05) is 28.1 Å². The third-order valence-electron chi connectivity index (χ3n) is 6.04. The van der Waals surface area contributed by atoms with Crippen molar-refractivity contribution >= 4 is 11.9 Å². The highest BCUT2D eigenvalue weighted by molar-refractivity contribution is 5.73. The molecule has 0 heterocycles. The highest BCUT2D eigenvalue weighted by Gasteiger charge is 2.25. The first-order valence-corrected chi connectivity index (χ1v) is 12.5. The molecule has 0 radical (unpaired) electrons. The molecule has 0 rings (SSSR count). The van der Waals surface area contributed by atoms with Gasteiger partial charge in [0.15, 0.2) is 6.10 Å². The van der Waals surface area contributed by atoms with Crippen LogP contribution in [0.2, 0.25) is 0 Å². The van der Waals surface area contributed by atoms with Gasteiger partial charge in [0.25, 0.3) is 0 Å². The van der Waals surface area contributed by atoms with Crippen LogP contribution < -0.4 is 5.11 Å². The molecule has 184 valence electrons. The van der Waals surface area contributed by atoms with Gasteiger partial charge in [0.05, 0.1) is 27.1 Å². The number of nitrogens with zero attached hydrogens (tertiary/aromatic N) is 1. The molecule has 4 atom stereocenters. The normalized spacial score (nSPS) is 16.0. The van der Waals surface area contributed by atoms with Gasteiger partial charge in [-0.3, -0.25) is 4.79 Å². The van der Waals surface area contributed by atoms with E-state index < -0.39 is 12.1 Å². The van der Waals surface area contributed by atoms with Crippen LogP contribution in [0.3, 0.4) is 0 Å². The van der Waals surface area contributed by atoms with Crippen LogP contribution in [0.5, 0.6) is 0 Å². The number of aliphatic carboxylic acids is 1. The molecule has 5 nitrogen and oxygen atoms in total. The standard InChI is InChI=1S/C26H51NO4/c1-20(2)12-9-13-21(3)14-10-15-22(4)16-11-17-23(5)26(30)31-24(18-25(28)29)19-27(6,7)8/h20-24H,9-19H2,1-8H3. The molecule has 0 amide bonds. The SMILES string of the molecule is CC(C)CCCC(C)CCCC(C)CCCC(C)C(=O)OC(CC(=O)[O-])C[N+](C)(C)C. The van der Waals surface area contributed by atoms with E-state index in [9.17, 15) is 14.7 Å². The highest BCUT2D eigenvalue weighted by atomic mass is 16.5. The lowest BCUT2D eigenvalue weighted by atomic mass is 9.91. The lowest BCUT2D eigenvalue weighted by Gasteiger charge is -2.29. The molecule has 0 saturated heterocycles. The first kappa shape index (κ1) is 29.9. The second kappa shape index (κ2) is 15.7. The van der Waals surface area contributed by atoms with Crippen molar-refractivity contribution < 1.29 is 23.9 Å². The minimum atomic E-state index is -1.18. The van der Waals surface area contributed by atoms with Crippen LogP contribution in [0.15, 0.2) is 0 Å². The molecule has 31 heavy (non-hydrogen) atoms. The third-order valence-corrected chi connectivity index (χ3v) is 6.04. The Morgan fingerprint density at radius 2 is 1.23 bits per heavy atom. The largest absolute Gasteiger partial charge is 0.550 e. The smallest absolute Gasteiger partial charge is 0.309 e. The van der Waals surface area contributed by atoms with Crippen LogP contribution in [0, 0.1) is 23.7 Å². The maximum absolute atomic E-state index is 12.4. The Balaban J connectivity index is 4.12. The Hall–Kier alpha value is -1.10. The van der Waals surface area contributed by atoms with Crippen LogP contribution >= 0.6 is 0 Å². The zero-order valence-corrected chi connectivity index (χ0v) is 21.7. The van der Waals surface area contributed by atoms with E-state index in [0.717, 1.165) is 31.1 Å². The fourth-order valence-electron chi connectivity index (χ4n) is 4.09. The van der Waals surface area contributed by atoms with E-state index >= 15 is 0 Å². The van der Waals surface area contributed by atoms with Gasteiger partial charge in [-0.15, -0.1) is 0 Å². The van der Waals surface area contributed by atoms with Gasteiger partial charge in [-0.05, 0) is 24.2 Å². The molecule has 0 aromatic carbocycles. The maximum atomic E-state index is 12.4. The topological polar surface area (TPSA) is 66.4 Å². The summed E-state index contributed by atoms with van der Waals surface area (Å²) in [5, 5.41) is 11.0. The van der Waals surface area contributed by atoms with Crippen LogP contribution in [0.25, 0.3) is 0 Å². The number of esters is 1. The molecule has 0 aliphatic rings. The maximum Gasteiger partial charge on any atom is 0.309 e. The van der Waals surface area contributed by atoms with Gasteiger partial charge in [-0.25, -0.2) is 0 Å². The summed E-state index contributed by atoms with van der Waals surface area (Å²) >= 11 is 0. The molecule has 4 unspecified atom stereocenters. The van der Waals surface area contributed by atoms with Gasteiger partial charge in [0.2, 0.25) is 0 Å². The van der Waals surface area contributed by atoms with Crippen LogP contribution in [-0.2, 0) is 14.3 Å². The Morgan fingerprint density at radius 3 is 1.65 bits per heavy atom. The van der Waals surface area contributed by atoms with Crippen LogP contribution in [0.4, 0.5) is 0 Å². The monoisotopic (exact) mass is 441 g/mol. The number of carbonyl (C=O) groups is 2. The van der Waals surface area contributed by atoms with E-state index in [1.54, 1.807) is 0 Å². The second-order valence-corrected chi connectivity index (χ2v) is 11.4. The average Bonchev–Trinajstić information content (AvgIpc) is 2.59. The minimum Gasteiger partial charge on any atom is -0.550 e. The number of carbonyl (C=O) groups excluding carboxylic acids is 2. The summed E-state index contributed by atoms with van der Waals surface area (Å²) < 4.78 is 6.05. The molecule has 0 spiro atoms. The fourth-order valence-corrected chi connectivity index (χ4v) is 4.09. The summed E-state index contributed by atoms with van der Waals surface area (Å²) in [6.07, 6.45) is 9.92. The summed E-state index contributed by atoms with van der Waals surface area (Å²) in [5.41, 5.74) is 0. The number of likely N-dealkylation sites (N-methyl/N-ethyl adjacent to an activating group) is 1. The lowest BCUT2D eigenvalue weighted by molar-refractivity contribution is -0.873. The quantitative estimate of drug-likeness (QED) is 0.226. The molecule has 0 aromatic rings. The Bertz CT molecular complexity index is 498. The number of hydrogen-bond acceptors (Lipinski definition) is 4. The molecule has 0 aromatic heterocycles. The van der Waals surface area contributed by atoms with Crippen LogP contribution in [0.1, 0.15) is 98.8 Å². The van der Waals surface area contributed by atoms with Crippen molar-refractivity contribution in [3.05, 3.63) is 0 Å². The van der Waals surface area contributed by atoms with Gasteiger partial charge in [0.1, 0.15) is 6.54 Å². The molecular formula is C26H51NO4. The fraction of sp³-hybridized carbons (Fsp3) is 0.923. The number of rotatable bonds is 18. The number of hydrogen-bond donors (Lipinski definition) is 0. The van der Waals surface area contributed by atoms with E-state index in [4.69, 9.17) is 4.74 Å². The second-order valence-electron chi connectivity index (χ2n) is 11.4. The number of quaternary nitrogens is 1. The van der Waals surface area contributed by atoms with Crippen molar-refractivity contribution in [2.45, 2.75) is 105 Å². The van der Waals surface area contributed by atoms with E-state index in [-0.39, 0.29) is 18.3 Å².